The van der Waals surface area contributed by atoms with Crippen LogP contribution in [0.3, 0.4) is 0 Å². The van der Waals surface area contributed by atoms with Gasteiger partial charge in [0.25, 0.3) is 0 Å². The lowest BCUT2D eigenvalue weighted by molar-refractivity contribution is -0.106. The summed E-state index contributed by atoms with van der Waals surface area (Å²) in [6.45, 7) is 5.77. The quantitative estimate of drug-likeness (QED) is 0.855. The molecule has 2 unspecified atom stereocenters. The van der Waals surface area contributed by atoms with Crippen LogP contribution in [0.4, 0.5) is 0 Å². The van der Waals surface area contributed by atoms with Crippen molar-refractivity contribution in [1.29, 1.82) is 0 Å². The summed E-state index contributed by atoms with van der Waals surface area (Å²) in [6, 6.07) is 0. The van der Waals surface area contributed by atoms with E-state index in [2.05, 4.69) is 23.9 Å². The van der Waals surface area contributed by atoms with Gasteiger partial charge in [-0.05, 0) is 12.8 Å². The van der Waals surface area contributed by atoms with Crippen LogP contribution in [0.2, 0.25) is 0 Å². The molecule has 19 heavy (non-hydrogen) atoms. The lowest BCUT2D eigenvalue weighted by Gasteiger charge is -2.36. The highest BCUT2D eigenvalue weighted by Gasteiger charge is 2.36. The minimum atomic E-state index is -0.684. The van der Waals surface area contributed by atoms with Crippen molar-refractivity contribution in [2.24, 2.45) is 0 Å². The van der Waals surface area contributed by atoms with E-state index in [1.807, 2.05) is 4.68 Å². The van der Waals surface area contributed by atoms with Crippen LogP contribution in [-0.2, 0) is 17.7 Å². The van der Waals surface area contributed by atoms with Crippen molar-refractivity contribution in [3.05, 3.63) is 12.2 Å². The van der Waals surface area contributed by atoms with E-state index in [0.29, 0.717) is 25.9 Å². The van der Waals surface area contributed by atoms with Gasteiger partial charge in [0.1, 0.15) is 12.2 Å². The molecule has 0 radical (unpaired) electrons. The van der Waals surface area contributed by atoms with E-state index >= 15 is 0 Å². The molecule has 0 spiro atoms. The molecule has 2 atom stereocenters. The first-order valence-electron chi connectivity index (χ1n) is 7.37. The summed E-state index contributed by atoms with van der Waals surface area (Å²) in [5, 5.41) is 15.0. The predicted molar refractivity (Wildman–Crippen MR) is 72.8 cm³/mol. The Balaban J connectivity index is 2.01. The Kier molecular flexibility index (Phi) is 4.93. The lowest BCUT2D eigenvalue weighted by Crippen LogP contribution is -2.43. The Morgan fingerprint density at radius 3 is 3.05 bits per heavy atom. The first-order valence-corrected chi connectivity index (χ1v) is 7.37. The van der Waals surface area contributed by atoms with Gasteiger partial charge in [-0.3, -0.25) is 4.68 Å². The number of aryl methyl sites for hydroxylation is 1. The van der Waals surface area contributed by atoms with E-state index in [4.69, 9.17) is 4.74 Å². The standard InChI is InChI=1S/C14H25N3O2/c1-3-5-12-9-14(18,6-8-19-12)10-13-15-11-16-17(13)7-4-2/h11-12,18H,3-10H2,1-2H3. The van der Waals surface area contributed by atoms with Crippen LogP contribution < -0.4 is 0 Å². The minimum absolute atomic E-state index is 0.186. The zero-order valence-electron chi connectivity index (χ0n) is 12.0. The number of hydrogen-bond donors (Lipinski definition) is 1. The summed E-state index contributed by atoms with van der Waals surface area (Å²) in [6.07, 6.45) is 6.87. The number of rotatable bonds is 6. The van der Waals surface area contributed by atoms with Crippen LogP contribution in [0.15, 0.2) is 6.33 Å². The third-order valence-corrected chi connectivity index (χ3v) is 3.76. The van der Waals surface area contributed by atoms with Gasteiger partial charge in [-0.2, -0.15) is 5.10 Å². The summed E-state index contributed by atoms with van der Waals surface area (Å²) in [7, 11) is 0. The molecule has 108 valence electrons. The molecule has 2 rings (SSSR count). The number of aliphatic hydroxyl groups is 1. The van der Waals surface area contributed by atoms with Crippen molar-refractivity contribution in [2.75, 3.05) is 6.61 Å². The highest BCUT2D eigenvalue weighted by molar-refractivity contribution is 4.97. The summed E-state index contributed by atoms with van der Waals surface area (Å²) >= 11 is 0. The van der Waals surface area contributed by atoms with Gasteiger partial charge < -0.3 is 9.84 Å². The molecule has 0 amide bonds. The van der Waals surface area contributed by atoms with Gasteiger partial charge in [0.2, 0.25) is 0 Å². The number of nitrogens with zero attached hydrogens (tertiary/aromatic N) is 3. The molecule has 2 heterocycles. The summed E-state index contributed by atoms with van der Waals surface area (Å²) < 4.78 is 7.61. The molecule has 0 bridgehead atoms. The van der Waals surface area contributed by atoms with Crippen molar-refractivity contribution in [1.82, 2.24) is 14.8 Å². The van der Waals surface area contributed by atoms with Crippen LogP contribution in [0.25, 0.3) is 0 Å². The molecular formula is C14H25N3O2. The van der Waals surface area contributed by atoms with E-state index in [1.54, 1.807) is 6.33 Å². The fraction of sp³-hybridized carbons (Fsp3) is 0.857. The molecule has 1 aromatic heterocycles. The van der Waals surface area contributed by atoms with Gasteiger partial charge in [0.15, 0.2) is 0 Å². The number of hydrogen-bond acceptors (Lipinski definition) is 4. The van der Waals surface area contributed by atoms with Gasteiger partial charge in [0.05, 0.1) is 11.7 Å². The van der Waals surface area contributed by atoms with E-state index in [-0.39, 0.29) is 6.10 Å². The minimum Gasteiger partial charge on any atom is -0.389 e. The molecular weight excluding hydrogens is 242 g/mol. The van der Waals surface area contributed by atoms with Gasteiger partial charge >= 0.3 is 0 Å². The zero-order valence-corrected chi connectivity index (χ0v) is 12.0. The normalized spacial score (nSPS) is 27.6. The summed E-state index contributed by atoms with van der Waals surface area (Å²) in [5.41, 5.74) is -0.684. The van der Waals surface area contributed by atoms with Crippen LogP contribution in [-0.4, -0.2) is 38.2 Å². The zero-order chi connectivity index (χ0) is 13.7. The van der Waals surface area contributed by atoms with E-state index in [0.717, 1.165) is 31.6 Å². The van der Waals surface area contributed by atoms with Crippen molar-refractivity contribution in [2.45, 2.75) is 70.6 Å². The maximum absolute atomic E-state index is 10.8. The second-order valence-electron chi connectivity index (χ2n) is 5.54. The molecule has 1 fully saturated rings. The third-order valence-electron chi connectivity index (χ3n) is 3.76. The average molecular weight is 267 g/mol. The highest BCUT2D eigenvalue weighted by atomic mass is 16.5. The largest absolute Gasteiger partial charge is 0.389 e. The monoisotopic (exact) mass is 267 g/mol. The summed E-state index contributed by atoms with van der Waals surface area (Å²) in [5.74, 6) is 0.890. The second-order valence-corrected chi connectivity index (χ2v) is 5.54. The number of aromatic nitrogens is 3. The van der Waals surface area contributed by atoms with Gasteiger partial charge in [0, 0.05) is 32.4 Å². The molecule has 1 aromatic rings. The molecule has 5 heteroatoms. The highest BCUT2D eigenvalue weighted by Crippen LogP contribution is 2.29. The first kappa shape index (κ1) is 14.5. The summed E-state index contributed by atoms with van der Waals surface area (Å²) in [4.78, 5) is 4.30. The maximum Gasteiger partial charge on any atom is 0.138 e. The Hall–Kier alpha value is -0.940. The smallest absolute Gasteiger partial charge is 0.138 e. The molecule has 0 saturated carbocycles. The van der Waals surface area contributed by atoms with Crippen LogP contribution in [0.1, 0.15) is 51.8 Å². The Morgan fingerprint density at radius 1 is 1.47 bits per heavy atom. The fourth-order valence-electron chi connectivity index (χ4n) is 2.79. The average Bonchev–Trinajstić information content (AvgIpc) is 2.77. The first-order chi connectivity index (χ1) is 9.17. The van der Waals surface area contributed by atoms with Crippen molar-refractivity contribution in [3.8, 4) is 0 Å². The Bertz CT molecular complexity index is 392. The second kappa shape index (κ2) is 6.48. The van der Waals surface area contributed by atoms with Gasteiger partial charge in [-0.25, -0.2) is 4.98 Å². The Morgan fingerprint density at radius 2 is 2.32 bits per heavy atom. The van der Waals surface area contributed by atoms with Crippen LogP contribution in [0, 0.1) is 0 Å². The molecule has 1 aliphatic heterocycles. The Labute approximate surface area is 115 Å². The fourth-order valence-corrected chi connectivity index (χ4v) is 2.79. The maximum atomic E-state index is 10.8. The molecule has 1 aliphatic rings. The van der Waals surface area contributed by atoms with E-state index in [9.17, 15) is 5.11 Å². The molecule has 0 aromatic carbocycles. The van der Waals surface area contributed by atoms with E-state index < -0.39 is 5.60 Å². The van der Waals surface area contributed by atoms with Crippen molar-refractivity contribution >= 4 is 0 Å². The SMILES string of the molecule is CCCC1CC(O)(Cc2ncnn2CCC)CCO1. The molecule has 1 saturated heterocycles. The topological polar surface area (TPSA) is 60.2 Å². The van der Waals surface area contributed by atoms with E-state index in [1.165, 1.54) is 0 Å². The van der Waals surface area contributed by atoms with Gasteiger partial charge in [-0.15, -0.1) is 0 Å². The van der Waals surface area contributed by atoms with Crippen molar-refractivity contribution in [3.63, 3.8) is 0 Å². The molecule has 5 nitrogen and oxygen atoms in total. The molecule has 1 N–H and O–H groups in total. The third kappa shape index (κ3) is 3.76. The lowest BCUT2D eigenvalue weighted by atomic mass is 9.86. The van der Waals surface area contributed by atoms with Crippen LogP contribution >= 0.6 is 0 Å². The predicted octanol–water partition coefficient (Wildman–Crippen LogP) is 1.94. The van der Waals surface area contributed by atoms with Gasteiger partial charge in [-0.1, -0.05) is 20.3 Å². The molecule has 0 aliphatic carbocycles. The van der Waals surface area contributed by atoms with Crippen molar-refractivity contribution < 1.29 is 9.84 Å². The number of ether oxygens (including phenoxy) is 1. The van der Waals surface area contributed by atoms with Crippen LogP contribution in [0.5, 0.6) is 0 Å².